The summed E-state index contributed by atoms with van der Waals surface area (Å²) < 4.78 is 51.2. The van der Waals surface area contributed by atoms with E-state index in [4.69, 9.17) is 9.05 Å². The number of halogens is 1. The predicted molar refractivity (Wildman–Crippen MR) is 148 cm³/mol. The predicted octanol–water partition coefficient (Wildman–Crippen LogP) is 8.14. The minimum absolute atomic E-state index is 0.110. The Balaban J connectivity index is 1.51. The zero-order valence-corrected chi connectivity index (χ0v) is 22.3. The summed E-state index contributed by atoms with van der Waals surface area (Å²) in [5.74, 6) is -0.0732. The number of non-ortho nitro benzene ring substituents is 1. The quantitative estimate of drug-likeness (QED) is 0.0808. The molecule has 5 aromatic carbocycles. The second-order valence-corrected chi connectivity index (χ2v) is 13.4. The zero-order valence-electron chi connectivity index (χ0n) is 19.8. The van der Waals surface area contributed by atoms with E-state index in [-0.39, 0.29) is 17.2 Å². The highest BCUT2D eigenvalue weighted by Gasteiger charge is 2.31. The van der Waals surface area contributed by atoms with Gasteiger partial charge in [0.15, 0.2) is 0 Å². The maximum atomic E-state index is 14.0. The molecule has 38 heavy (non-hydrogen) atoms. The third kappa shape index (κ3) is 5.72. The summed E-state index contributed by atoms with van der Waals surface area (Å²) >= 11 is 0.779. The van der Waals surface area contributed by atoms with Gasteiger partial charge in [-0.2, -0.15) is 0 Å². The largest absolute Gasteiger partial charge is 0.497 e. The Morgan fingerprint density at radius 2 is 1.53 bits per heavy atom. The Kier molecular flexibility index (Phi) is 7.21. The fourth-order valence-electron chi connectivity index (χ4n) is 3.85. The molecule has 0 saturated carbocycles. The first-order valence-corrected chi connectivity index (χ1v) is 15.7. The minimum atomic E-state index is -4.00. The number of nitro groups is 1. The van der Waals surface area contributed by atoms with Gasteiger partial charge >= 0.3 is 6.80 Å². The van der Waals surface area contributed by atoms with Crippen LogP contribution in [0.25, 0.3) is 21.5 Å². The highest BCUT2D eigenvalue weighted by Crippen LogP contribution is 2.62. The van der Waals surface area contributed by atoms with Crippen LogP contribution in [0.4, 0.5) is 10.1 Å². The Hall–Kier alpha value is -3.72. The van der Waals surface area contributed by atoms with Crippen LogP contribution in [-0.4, -0.2) is 15.4 Å². The van der Waals surface area contributed by atoms with E-state index < -0.39 is 28.3 Å². The van der Waals surface area contributed by atoms with Crippen molar-refractivity contribution in [3.05, 3.63) is 113 Å². The van der Waals surface area contributed by atoms with Gasteiger partial charge in [-0.1, -0.05) is 18.2 Å². The van der Waals surface area contributed by atoms with Gasteiger partial charge in [-0.05, 0) is 88.3 Å². The second-order valence-electron chi connectivity index (χ2n) is 8.22. The van der Waals surface area contributed by atoms with Crippen LogP contribution in [0.1, 0.15) is 0 Å². The maximum absolute atomic E-state index is 14.0. The van der Waals surface area contributed by atoms with Crippen LogP contribution in [0.3, 0.4) is 0 Å². The van der Waals surface area contributed by atoms with Crippen molar-refractivity contribution in [2.24, 2.45) is 0 Å². The topological polar surface area (TPSA) is 95.7 Å². The lowest BCUT2D eigenvalue weighted by molar-refractivity contribution is -0.384. The van der Waals surface area contributed by atoms with Crippen molar-refractivity contribution in [1.82, 2.24) is 0 Å². The van der Waals surface area contributed by atoms with E-state index in [0.717, 1.165) is 37.8 Å². The molecule has 7 nitrogen and oxygen atoms in total. The molecule has 2 atom stereocenters. The molecule has 5 aromatic rings. The Labute approximate surface area is 223 Å². The number of benzene rings is 5. The van der Waals surface area contributed by atoms with Gasteiger partial charge in [-0.15, -0.1) is 0 Å². The maximum Gasteiger partial charge on any atom is 0.497 e. The van der Waals surface area contributed by atoms with Crippen LogP contribution in [0, 0.1) is 15.9 Å². The molecule has 0 aliphatic heterocycles. The number of rotatable bonds is 8. The molecule has 0 fully saturated rings. The Bertz CT molecular complexity index is 1750. The third-order valence-corrected chi connectivity index (χ3v) is 9.89. The number of fused-ring (bicyclic) bond motifs is 2. The number of nitrogens with zero attached hydrogens (tertiary/aromatic N) is 1. The van der Waals surface area contributed by atoms with E-state index in [2.05, 4.69) is 0 Å². The highest BCUT2D eigenvalue weighted by molar-refractivity contribution is 8.55. The van der Waals surface area contributed by atoms with Crippen LogP contribution >= 0.6 is 18.2 Å². The van der Waals surface area contributed by atoms with Gasteiger partial charge < -0.3 is 9.05 Å². The first-order valence-electron chi connectivity index (χ1n) is 11.2. The highest BCUT2D eigenvalue weighted by atomic mass is 32.7. The lowest BCUT2D eigenvalue weighted by Crippen LogP contribution is -1.98. The molecule has 0 aromatic heterocycles. The van der Waals surface area contributed by atoms with Crippen molar-refractivity contribution in [2.45, 2.75) is 9.79 Å². The average Bonchev–Trinajstić information content (AvgIpc) is 2.88. The molecular weight excluding hydrogens is 548 g/mol. The average molecular weight is 568 g/mol. The van der Waals surface area contributed by atoms with E-state index in [9.17, 15) is 23.3 Å². The van der Waals surface area contributed by atoms with Crippen molar-refractivity contribution >= 4 is 56.2 Å². The number of hydrogen-bond acceptors (Lipinski definition) is 7. The first-order chi connectivity index (χ1) is 18.2. The van der Waals surface area contributed by atoms with Gasteiger partial charge in [0, 0.05) is 39.6 Å². The zero-order chi connectivity index (χ0) is 26.9. The Morgan fingerprint density at radius 3 is 2.21 bits per heavy atom. The molecule has 0 amide bonds. The molecule has 5 rings (SSSR count). The third-order valence-electron chi connectivity index (χ3n) is 5.59. The minimum Gasteiger partial charge on any atom is -0.408 e. The molecule has 0 heterocycles. The van der Waals surface area contributed by atoms with Crippen LogP contribution in [-0.2, 0) is 15.4 Å². The summed E-state index contributed by atoms with van der Waals surface area (Å²) in [7, 11) is -1.15. The molecule has 0 bridgehead atoms. The van der Waals surface area contributed by atoms with Crippen molar-refractivity contribution < 1.29 is 27.1 Å². The standard InChI is InChI=1S/C27H19FNO6PS2/c1-38(33)27-4-2-3-19-15-20-16-24(10-5-18(20)17-26(19)27)35-36(32,34-23-11-6-21(28)7-12-23)37-25-13-8-22(9-14-25)29(30)31/h2-17H,1H3. The molecule has 0 N–H and O–H groups in total. The monoisotopic (exact) mass is 567 g/mol. The summed E-state index contributed by atoms with van der Waals surface area (Å²) in [6.07, 6.45) is 1.64. The summed E-state index contributed by atoms with van der Waals surface area (Å²) in [5, 5.41) is 14.5. The fourth-order valence-corrected chi connectivity index (χ4v) is 7.86. The SMILES string of the molecule is CS(=O)c1cccc2cc3cc(OP(=O)(Oc4ccc(F)cc4)Sc4ccc([N+](=O)[O-])cc4)ccc3cc12. The Morgan fingerprint density at radius 1 is 0.842 bits per heavy atom. The summed E-state index contributed by atoms with van der Waals surface area (Å²) in [4.78, 5) is 11.6. The number of hydrogen-bond donors (Lipinski definition) is 0. The van der Waals surface area contributed by atoms with E-state index in [1.165, 1.54) is 48.5 Å². The lowest BCUT2D eigenvalue weighted by Gasteiger charge is -2.19. The first kappa shape index (κ1) is 25.9. The van der Waals surface area contributed by atoms with E-state index in [0.29, 0.717) is 4.90 Å². The molecule has 192 valence electrons. The molecular formula is C27H19FNO6PS2. The smallest absolute Gasteiger partial charge is 0.408 e. The van der Waals surface area contributed by atoms with Gasteiger partial charge in [-0.25, -0.2) is 8.96 Å². The summed E-state index contributed by atoms with van der Waals surface area (Å²) in [6.45, 7) is -4.00. The van der Waals surface area contributed by atoms with Crippen molar-refractivity contribution in [1.29, 1.82) is 0 Å². The van der Waals surface area contributed by atoms with E-state index in [1.54, 1.807) is 24.5 Å². The van der Waals surface area contributed by atoms with E-state index in [1.807, 2.05) is 30.3 Å². The fraction of sp³-hybridized carbons (Fsp3) is 0.0370. The van der Waals surface area contributed by atoms with Gasteiger partial charge in [-0.3, -0.25) is 14.3 Å². The number of nitro benzene ring substituents is 1. The molecule has 0 aliphatic rings. The van der Waals surface area contributed by atoms with Crippen LogP contribution in [0.15, 0.2) is 107 Å². The van der Waals surface area contributed by atoms with Crippen molar-refractivity contribution in [3.63, 3.8) is 0 Å². The molecule has 0 saturated heterocycles. The molecule has 0 aliphatic carbocycles. The normalized spacial score (nSPS) is 13.6. The van der Waals surface area contributed by atoms with Gasteiger partial charge in [0.2, 0.25) is 0 Å². The van der Waals surface area contributed by atoms with E-state index >= 15 is 0 Å². The molecule has 2 unspecified atom stereocenters. The van der Waals surface area contributed by atoms with Gasteiger partial charge in [0.05, 0.1) is 15.7 Å². The summed E-state index contributed by atoms with van der Waals surface area (Å²) in [6, 6.07) is 25.2. The van der Waals surface area contributed by atoms with Crippen molar-refractivity contribution in [2.75, 3.05) is 6.26 Å². The molecule has 0 radical (unpaired) electrons. The van der Waals surface area contributed by atoms with Crippen LogP contribution in [0.5, 0.6) is 11.5 Å². The summed E-state index contributed by atoms with van der Waals surface area (Å²) in [5.41, 5.74) is -0.110. The second kappa shape index (κ2) is 10.6. The molecule has 11 heteroatoms. The van der Waals surface area contributed by atoms with Crippen molar-refractivity contribution in [3.8, 4) is 11.5 Å². The van der Waals surface area contributed by atoms with Crippen LogP contribution < -0.4 is 9.05 Å². The van der Waals surface area contributed by atoms with Gasteiger partial charge in [0.1, 0.15) is 17.3 Å². The van der Waals surface area contributed by atoms with Crippen LogP contribution in [0.2, 0.25) is 0 Å². The van der Waals surface area contributed by atoms with Gasteiger partial charge in [0.25, 0.3) is 5.69 Å². The molecule has 0 spiro atoms. The lowest BCUT2D eigenvalue weighted by atomic mass is 10.0.